The van der Waals surface area contributed by atoms with E-state index in [1.807, 2.05) is 62.4 Å². The van der Waals surface area contributed by atoms with Crippen molar-refractivity contribution in [3.05, 3.63) is 82.5 Å². The van der Waals surface area contributed by atoms with Gasteiger partial charge in [0.1, 0.15) is 0 Å². The van der Waals surface area contributed by atoms with Crippen LogP contribution in [0.2, 0.25) is 0 Å². The van der Waals surface area contributed by atoms with Gasteiger partial charge in [0, 0.05) is 29.4 Å². The molecular formula is C25H28N6O4. The van der Waals surface area contributed by atoms with Gasteiger partial charge in [0.15, 0.2) is 0 Å². The van der Waals surface area contributed by atoms with Gasteiger partial charge in [-0.25, -0.2) is 9.48 Å². The lowest BCUT2D eigenvalue weighted by atomic mass is 10.1. The van der Waals surface area contributed by atoms with Crippen LogP contribution in [0.15, 0.2) is 70.0 Å². The van der Waals surface area contributed by atoms with Crippen LogP contribution in [0.3, 0.4) is 0 Å². The smallest absolute Gasteiger partial charge is 0.411 e. The molecule has 2 heterocycles. The van der Waals surface area contributed by atoms with Crippen molar-refractivity contribution in [2.45, 2.75) is 33.9 Å². The van der Waals surface area contributed by atoms with E-state index in [4.69, 9.17) is 15.0 Å². The third-order valence-corrected chi connectivity index (χ3v) is 4.79. The van der Waals surface area contributed by atoms with Crippen molar-refractivity contribution in [3.8, 4) is 22.6 Å². The Balaban J connectivity index is 0.000000225. The van der Waals surface area contributed by atoms with Gasteiger partial charge in [-0.3, -0.25) is 10.1 Å². The number of hydrogen-bond acceptors (Lipinski definition) is 8. The lowest BCUT2D eigenvalue weighted by molar-refractivity contribution is 0.168. The van der Waals surface area contributed by atoms with Crippen molar-refractivity contribution in [2.24, 2.45) is 5.73 Å². The zero-order valence-electron chi connectivity index (χ0n) is 19.9. The summed E-state index contributed by atoms with van der Waals surface area (Å²) in [6.07, 6.45) is -0.409. The Labute approximate surface area is 202 Å². The van der Waals surface area contributed by atoms with E-state index in [1.165, 1.54) is 10.7 Å². The van der Waals surface area contributed by atoms with Crippen molar-refractivity contribution in [2.75, 3.05) is 11.9 Å². The number of carbonyl (C=O) groups excluding carboxylic acids is 1. The molecule has 0 unspecified atom stereocenters. The van der Waals surface area contributed by atoms with E-state index in [0.717, 1.165) is 28.1 Å². The Hall–Kier alpha value is -4.31. The molecule has 3 N–H and O–H groups in total. The van der Waals surface area contributed by atoms with Crippen LogP contribution in [-0.2, 0) is 17.8 Å². The summed E-state index contributed by atoms with van der Waals surface area (Å²) in [6, 6.07) is 18.4. The van der Waals surface area contributed by atoms with E-state index in [0.29, 0.717) is 24.9 Å². The van der Waals surface area contributed by atoms with Gasteiger partial charge in [-0.05, 0) is 44.5 Å². The SMILES string of the molecule is CCOC(=O)Nc1cccc(C)c1.CCn1nc(-c2ccc(-c3noc(CN)n3)cc2)ccc1=O. The van der Waals surface area contributed by atoms with Gasteiger partial charge in [-0.1, -0.05) is 41.6 Å². The molecule has 10 heteroatoms. The summed E-state index contributed by atoms with van der Waals surface area (Å²) in [5.74, 6) is 0.897. The first-order chi connectivity index (χ1) is 16.9. The maximum atomic E-state index is 11.6. The molecule has 2 aromatic carbocycles. The van der Waals surface area contributed by atoms with Crippen molar-refractivity contribution in [3.63, 3.8) is 0 Å². The second-order valence-corrected chi connectivity index (χ2v) is 7.38. The van der Waals surface area contributed by atoms with Crippen molar-refractivity contribution in [1.29, 1.82) is 0 Å². The van der Waals surface area contributed by atoms with Crippen LogP contribution in [-0.4, -0.2) is 32.6 Å². The molecule has 0 saturated heterocycles. The maximum absolute atomic E-state index is 11.6. The number of nitrogens with two attached hydrogens (primary N) is 1. The fourth-order valence-corrected chi connectivity index (χ4v) is 3.08. The van der Waals surface area contributed by atoms with Gasteiger partial charge < -0.3 is 15.0 Å². The molecule has 0 radical (unpaired) electrons. The number of carbonyl (C=O) groups is 1. The van der Waals surface area contributed by atoms with Crippen molar-refractivity contribution >= 4 is 11.8 Å². The minimum absolute atomic E-state index is 0.107. The summed E-state index contributed by atoms with van der Waals surface area (Å²) < 4.78 is 11.2. The largest absolute Gasteiger partial charge is 0.450 e. The zero-order valence-corrected chi connectivity index (χ0v) is 19.9. The maximum Gasteiger partial charge on any atom is 0.411 e. The highest BCUT2D eigenvalue weighted by Gasteiger charge is 2.08. The molecule has 0 atom stereocenters. The van der Waals surface area contributed by atoms with E-state index in [-0.39, 0.29) is 12.1 Å². The van der Waals surface area contributed by atoms with Crippen LogP contribution in [0.25, 0.3) is 22.6 Å². The van der Waals surface area contributed by atoms with Gasteiger partial charge in [0.25, 0.3) is 5.56 Å². The third kappa shape index (κ3) is 7.08. The van der Waals surface area contributed by atoms with Gasteiger partial charge in [0.2, 0.25) is 11.7 Å². The number of benzene rings is 2. The highest BCUT2D eigenvalue weighted by atomic mass is 16.5. The minimum atomic E-state index is -0.409. The molecule has 182 valence electrons. The summed E-state index contributed by atoms with van der Waals surface area (Å²) in [5.41, 5.74) is 9.69. The number of ether oxygens (including phenoxy) is 1. The summed E-state index contributed by atoms with van der Waals surface area (Å²) >= 11 is 0. The Morgan fingerprint density at radius 3 is 2.46 bits per heavy atom. The highest BCUT2D eigenvalue weighted by molar-refractivity contribution is 5.84. The number of aromatic nitrogens is 4. The number of hydrogen-bond donors (Lipinski definition) is 2. The molecule has 0 aliphatic heterocycles. The predicted octanol–water partition coefficient (Wildman–Crippen LogP) is 4.00. The van der Waals surface area contributed by atoms with Crippen LogP contribution >= 0.6 is 0 Å². The lowest BCUT2D eigenvalue weighted by Gasteiger charge is -2.05. The third-order valence-electron chi connectivity index (χ3n) is 4.79. The van der Waals surface area contributed by atoms with Crippen LogP contribution in [0.1, 0.15) is 25.3 Å². The van der Waals surface area contributed by atoms with E-state index in [1.54, 1.807) is 13.0 Å². The number of amides is 1. The quantitative estimate of drug-likeness (QED) is 0.426. The van der Waals surface area contributed by atoms with Crippen LogP contribution in [0.5, 0.6) is 0 Å². The van der Waals surface area contributed by atoms with E-state index in [2.05, 4.69) is 20.6 Å². The van der Waals surface area contributed by atoms with E-state index >= 15 is 0 Å². The van der Waals surface area contributed by atoms with Crippen LogP contribution in [0.4, 0.5) is 10.5 Å². The first-order valence-corrected chi connectivity index (χ1v) is 11.2. The molecule has 0 aliphatic carbocycles. The topological polar surface area (TPSA) is 138 Å². The van der Waals surface area contributed by atoms with Gasteiger partial charge >= 0.3 is 6.09 Å². The Kier molecular flexibility index (Phi) is 8.85. The van der Waals surface area contributed by atoms with Crippen LogP contribution in [0, 0.1) is 6.92 Å². The second kappa shape index (κ2) is 12.2. The number of rotatable bonds is 6. The molecule has 35 heavy (non-hydrogen) atoms. The van der Waals surface area contributed by atoms with Gasteiger partial charge in [-0.2, -0.15) is 10.1 Å². The molecule has 2 aromatic heterocycles. The second-order valence-electron chi connectivity index (χ2n) is 7.38. The predicted molar refractivity (Wildman–Crippen MR) is 133 cm³/mol. The average Bonchev–Trinajstić information content (AvgIpc) is 3.34. The first-order valence-electron chi connectivity index (χ1n) is 11.2. The lowest BCUT2D eigenvalue weighted by Crippen LogP contribution is -2.20. The Morgan fingerprint density at radius 2 is 1.83 bits per heavy atom. The molecule has 0 fully saturated rings. The summed E-state index contributed by atoms with van der Waals surface area (Å²) in [5, 5.41) is 10.8. The normalized spacial score (nSPS) is 10.3. The zero-order chi connectivity index (χ0) is 25.2. The molecular weight excluding hydrogens is 448 g/mol. The van der Waals surface area contributed by atoms with Gasteiger partial charge in [-0.15, -0.1) is 0 Å². The molecule has 4 aromatic rings. The van der Waals surface area contributed by atoms with Crippen LogP contribution < -0.4 is 16.6 Å². The molecule has 0 bridgehead atoms. The molecule has 0 spiro atoms. The van der Waals surface area contributed by atoms with Crippen molar-refractivity contribution in [1.82, 2.24) is 19.9 Å². The average molecular weight is 477 g/mol. The summed E-state index contributed by atoms with van der Waals surface area (Å²) in [7, 11) is 0. The molecule has 0 aliphatic rings. The fraction of sp³-hybridized carbons (Fsp3) is 0.240. The summed E-state index contributed by atoms with van der Waals surface area (Å²) in [6.45, 7) is 6.76. The Bertz CT molecular complexity index is 1310. The monoisotopic (exact) mass is 476 g/mol. The first kappa shape index (κ1) is 25.3. The summed E-state index contributed by atoms with van der Waals surface area (Å²) in [4.78, 5) is 26.7. The Morgan fingerprint density at radius 1 is 1.09 bits per heavy atom. The molecule has 1 amide bonds. The minimum Gasteiger partial charge on any atom is -0.450 e. The standard InChI is InChI=1S/C15H15N5O2.C10H13NO2/c1-2-20-14(21)8-7-12(18-20)10-3-5-11(6-4-10)15-17-13(9-16)22-19-15;1-3-13-10(12)11-9-6-4-5-8(2)7-9/h3-8H,2,9,16H2,1H3;4-7H,3H2,1-2H3,(H,11,12). The number of aryl methyl sites for hydroxylation is 2. The molecule has 4 rings (SSSR count). The molecule has 0 saturated carbocycles. The highest BCUT2D eigenvalue weighted by Crippen LogP contribution is 2.21. The number of nitrogens with zero attached hydrogens (tertiary/aromatic N) is 4. The van der Waals surface area contributed by atoms with Gasteiger partial charge in [0.05, 0.1) is 18.8 Å². The fourth-order valence-electron chi connectivity index (χ4n) is 3.08. The van der Waals surface area contributed by atoms with E-state index < -0.39 is 6.09 Å². The van der Waals surface area contributed by atoms with E-state index in [9.17, 15) is 9.59 Å². The number of anilines is 1. The van der Waals surface area contributed by atoms with Crippen molar-refractivity contribution < 1.29 is 14.1 Å². The number of nitrogens with one attached hydrogen (secondary N) is 1. The molecule has 10 nitrogen and oxygen atoms in total.